The van der Waals surface area contributed by atoms with Crippen molar-refractivity contribution in [1.82, 2.24) is 4.98 Å². The third-order valence-electron chi connectivity index (χ3n) is 2.55. The topological polar surface area (TPSA) is 59.4 Å². The van der Waals surface area contributed by atoms with Gasteiger partial charge in [-0.25, -0.2) is 9.37 Å². The maximum Gasteiger partial charge on any atom is 0.305 e. The number of rotatable bonds is 4. The van der Waals surface area contributed by atoms with E-state index in [9.17, 15) is 9.18 Å². The number of nitrogens with zero attached hydrogens (tertiary/aromatic N) is 1. The Morgan fingerprint density at radius 2 is 2.32 bits per heavy atom. The number of carbonyl (C=O) groups excluding carboxylic acids is 1. The molecule has 0 saturated carbocycles. The Morgan fingerprint density at radius 1 is 1.53 bits per heavy atom. The molecular formula is C13H12FNO3S. The van der Waals surface area contributed by atoms with Crippen LogP contribution in [0, 0.1) is 5.82 Å². The predicted molar refractivity (Wildman–Crippen MR) is 69.5 cm³/mol. The summed E-state index contributed by atoms with van der Waals surface area (Å²) in [6.07, 6.45) is 0.709. The van der Waals surface area contributed by atoms with Gasteiger partial charge >= 0.3 is 5.97 Å². The highest BCUT2D eigenvalue weighted by Gasteiger charge is 2.11. The van der Waals surface area contributed by atoms with E-state index >= 15 is 0 Å². The quantitative estimate of drug-likeness (QED) is 0.875. The lowest BCUT2D eigenvalue weighted by molar-refractivity contribution is -0.140. The van der Waals surface area contributed by atoms with Crippen molar-refractivity contribution in [3.05, 3.63) is 35.1 Å². The predicted octanol–water partition coefficient (Wildman–Crippen LogP) is 2.76. The van der Waals surface area contributed by atoms with E-state index in [-0.39, 0.29) is 18.1 Å². The lowest BCUT2D eigenvalue weighted by Crippen LogP contribution is -2.01. The molecule has 0 aliphatic heterocycles. The number of aromatic nitrogens is 1. The van der Waals surface area contributed by atoms with Gasteiger partial charge in [0.15, 0.2) is 0 Å². The lowest BCUT2D eigenvalue weighted by atomic mass is 10.2. The van der Waals surface area contributed by atoms with Crippen LogP contribution in [0.5, 0.6) is 5.75 Å². The van der Waals surface area contributed by atoms with E-state index in [0.29, 0.717) is 17.0 Å². The van der Waals surface area contributed by atoms with Crippen molar-refractivity contribution in [3.63, 3.8) is 0 Å². The van der Waals surface area contributed by atoms with Gasteiger partial charge < -0.3 is 9.84 Å². The molecule has 1 heterocycles. The molecule has 1 aromatic heterocycles. The minimum atomic E-state index is -0.520. The molecule has 0 spiro atoms. The Balaban J connectivity index is 2.14. The van der Waals surface area contributed by atoms with Crippen molar-refractivity contribution in [2.45, 2.75) is 12.8 Å². The zero-order valence-corrected chi connectivity index (χ0v) is 11.0. The molecule has 0 unspecified atom stereocenters. The van der Waals surface area contributed by atoms with Crippen LogP contribution in [0.2, 0.25) is 0 Å². The maximum absolute atomic E-state index is 13.6. The third kappa shape index (κ3) is 3.29. The smallest absolute Gasteiger partial charge is 0.305 e. The fourth-order valence-electron chi connectivity index (χ4n) is 1.56. The number of aromatic hydroxyl groups is 1. The van der Waals surface area contributed by atoms with Crippen molar-refractivity contribution in [3.8, 4) is 16.3 Å². The summed E-state index contributed by atoms with van der Waals surface area (Å²) in [6, 6.07) is 3.94. The molecule has 100 valence electrons. The average molecular weight is 281 g/mol. The van der Waals surface area contributed by atoms with Gasteiger partial charge in [0.25, 0.3) is 0 Å². The van der Waals surface area contributed by atoms with Gasteiger partial charge in [0, 0.05) is 23.4 Å². The summed E-state index contributed by atoms with van der Waals surface area (Å²) in [5.74, 6) is -0.942. The number of thiazole rings is 1. The zero-order chi connectivity index (χ0) is 13.8. The van der Waals surface area contributed by atoms with Crippen LogP contribution in [0.3, 0.4) is 0 Å². The van der Waals surface area contributed by atoms with Crippen molar-refractivity contribution >= 4 is 17.3 Å². The van der Waals surface area contributed by atoms with E-state index in [1.54, 1.807) is 5.38 Å². The van der Waals surface area contributed by atoms with E-state index < -0.39 is 5.82 Å². The molecule has 0 radical (unpaired) electrons. The average Bonchev–Trinajstić information content (AvgIpc) is 2.84. The molecule has 0 bridgehead atoms. The second-order valence-corrected chi connectivity index (χ2v) is 4.74. The Labute approximate surface area is 113 Å². The first kappa shape index (κ1) is 13.5. The minimum absolute atomic E-state index is 0.122. The number of aryl methyl sites for hydroxylation is 1. The number of phenols is 1. The molecule has 0 fully saturated rings. The molecule has 4 nitrogen and oxygen atoms in total. The number of carbonyl (C=O) groups is 1. The van der Waals surface area contributed by atoms with Gasteiger partial charge in [-0.3, -0.25) is 4.79 Å². The summed E-state index contributed by atoms with van der Waals surface area (Å²) in [5, 5.41) is 11.5. The molecule has 0 aliphatic rings. The van der Waals surface area contributed by atoms with Crippen molar-refractivity contribution in [2.24, 2.45) is 0 Å². The Hall–Kier alpha value is -1.95. The van der Waals surface area contributed by atoms with Crippen molar-refractivity contribution in [1.29, 1.82) is 0 Å². The van der Waals surface area contributed by atoms with Crippen LogP contribution in [0.4, 0.5) is 4.39 Å². The molecule has 0 atom stereocenters. The van der Waals surface area contributed by atoms with Gasteiger partial charge in [0.05, 0.1) is 19.2 Å². The molecule has 1 N–H and O–H groups in total. The van der Waals surface area contributed by atoms with Crippen molar-refractivity contribution < 1.29 is 19.0 Å². The van der Waals surface area contributed by atoms with Gasteiger partial charge in [0.1, 0.15) is 16.6 Å². The molecule has 0 aliphatic carbocycles. The number of hydrogen-bond acceptors (Lipinski definition) is 5. The number of hydrogen-bond donors (Lipinski definition) is 1. The van der Waals surface area contributed by atoms with E-state index in [4.69, 9.17) is 5.11 Å². The maximum atomic E-state index is 13.6. The summed E-state index contributed by atoms with van der Waals surface area (Å²) in [7, 11) is 1.33. The van der Waals surface area contributed by atoms with Crippen molar-refractivity contribution in [2.75, 3.05) is 7.11 Å². The van der Waals surface area contributed by atoms with Crippen LogP contribution >= 0.6 is 11.3 Å². The number of benzene rings is 1. The van der Waals surface area contributed by atoms with E-state index in [1.807, 2.05) is 0 Å². The molecule has 0 amide bonds. The van der Waals surface area contributed by atoms with Crippen LogP contribution in [0.15, 0.2) is 23.6 Å². The first-order valence-electron chi connectivity index (χ1n) is 5.60. The molecule has 2 rings (SSSR count). The molecule has 0 saturated heterocycles. The van der Waals surface area contributed by atoms with E-state index in [1.165, 1.54) is 30.6 Å². The van der Waals surface area contributed by atoms with Crippen LogP contribution in [0.1, 0.15) is 12.1 Å². The van der Waals surface area contributed by atoms with Gasteiger partial charge in [0.2, 0.25) is 0 Å². The van der Waals surface area contributed by atoms with Gasteiger partial charge in [-0.2, -0.15) is 0 Å². The number of esters is 1. The summed E-state index contributed by atoms with van der Waals surface area (Å²) in [6.45, 7) is 0. The first-order valence-corrected chi connectivity index (χ1v) is 6.48. The van der Waals surface area contributed by atoms with Crippen LogP contribution < -0.4 is 0 Å². The first-order chi connectivity index (χ1) is 9.10. The molecule has 19 heavy (non-hydrogen) atoms. The summed E-state index contributed by atoms with van der Waals surface area (Å²) in [5.41, 5.74) is 1.06. The highest BCUT2D eigenvalue weighted by atomic mass is 32.1. The standard InChI is InChI=1S/C13H12FNO3S/c1-18-12(17)5-2-8-7-19-13(15-8)10-4-3-9(16)6-11(10)14/h3-4,6-7,16H,2,5H2,1H3. The second kappa shape index (κ2) is 5.79. The number of methoxy groups -OCH3 is 1. The Bertz CT molecular complexity index is 597. The number of halogens is 1. The summed E-state index contributed by atoms with van der Waals surface area (Å²) < 4.78 is 18.2. The number of ether oxygens (including phenoxy) is 1. The van der Waals surface area contributed by atoms with Crippen LogP contribution in [0.25, 0.3) is 10.6 Å². The highest BCUT2D eigenvalue weighted by Crippen LogP contribution is 2.28. The SMILES string of the molecule is COC(=O)CCc1csc(-c2ccc(O)cc2F)n1. The summed E-state index contributed by atoms with van der Waals surface area (Å²) in [4.78, 5) is 15.3. The minimum Gasteiger partial charge on any atom is -0.508 e. The normalized spacial score (nSPS) is 10.4. The highest BCUT2D eigenvalue weighted by molar-refractivity contribution is 7.13. The number of phenolic OH excluding ortho intramolecular Hbond substituents is 1. The Kier molecular flexibility index (Phi) is 4.11. The second-order valence-electron chi connectivity index (χ2n) is 3.88. The third-order valence-corrected chi connectivity index (χ3v) is 3.47. The van der Waals surface area contributed by atoms with E-state index in [2.05, 4.69) is 9.72 Å². The largest absolute Gasteiger partial charge is 0.508 e. The van der Waals surface area contributed by atoms with E-state index in [0.717, 1.165) is 11.8 Å². The molecule has 1 aromatic carbocycles. The lowest BCUT2D eigenvalue weighted by Gasteiger charge is -1.99. The van der Waals surface area contributed by atoms with Gasteiger partial charge in [-0.15, -0.1) is 11.3 Å². The molecular weight excluding hydrogens is 269 g/mol. The fraction of sp³-hybridized carbons (Fsp3) is 0.231. The fourth-order valence-corrected chi connectivity index (χ4v) is 2.44. The monoisotopic (exact) mass is 281 g/mol. The summed E-state index contributed by atoms with van der Waals surface area (Å²) >= 11 is 1.30. The van der Waals surface area contributed by atoms with Crippen LogP contribution in [-0.4, -0.2) is 23.2 Å². The van der Waals surface area contributed by atoms with Crippen LogP contribution in [-0.2, 0) is 16.0 Å². The van der Waals surface area contributed by atoms with Gasteiger partial charge in [-0.05, 0) is 12.1 Å². The van der Waals surface area contributed by atoms with Gasteiger partial charge in [-0.1, -0.05) is 0 Å². The molecule has 2 aromatic rings. The molecule has 6 heteroatoms. The Morgan fingerprint density at radius 3 is 3.00 bits per heavy atom. The zero-order valence-electron chi connectivity index (χ0n) is 10.2.